The van der Waals surface area contributed by atoms with Gasteiger partial charge in [-0.15, -0.1) is 11.3 Å². The molecule has 5 rings (SSSR count). The molecule has 0 radical (unpaired) electrons. The van der Waals surface area contributed by atoms with Crippen molar-refractivity contribution in [3.05, 3.63) is 112 Å². The van der Waals surface area contributed by atoms with Crippen LogP contribution in [0.5, 0.6) is 5.75 Å². The highest BCUT2D eigenvalue weighted by Gasteiger charge is 2.13. The van der Waals surface area contributed by atoms with Crippen LogP contribution in [-0.2, 0) is 0 Å². The van der Waals surface area contributed by atoms with Crippen LogP contribution in [-0.4, -0.2) is 32.8 Å². The second-order valence-corrected chi connectivity index (χ2v) is 10.3. The molecule has 0 bridgehead atoms. The van der Waals surface area contributed by atoms with Gasteiger partial charge >= 0.3 is 5.69 Å². The first kappa shape index (κ1) is 24.4. The minimum Gasteiger partial charge on any atom is -0.502 e. The molecule has 4 aromatic carbocycles. The summed E-state index contributed by atoms with van der Waals surface area (Å²) in [6, 6.07) is 27.3. The Morgan fingerprint density at radius 2 is 1.76 bits per heavy atom. The lowest BCUT2D eigenvalue weighted by Crippen LogP contribution is -2.01. The lowest BCUT2D eigenvalue weighted by atomic mass is 10.0. The molecule has 0 fully saturated rings. The van der Waals surface area contributed by atoms with Crippen molar-refractivity contribution in [3.63, 3.8) is 0 Å². The summed E-state index contributed by atoms with van der Waals surface area (Å²) in [7, 11) is 0. The number of hydrogen-bond donors (Lipinski definition) is 1. The van der Waals surface area contributed by atoms with Crippen molar-refractivity contribution in [3.8, 4) is 16.9 Å². The number of nitro groups is 1. The van der Waals surface area contributed by atoms with Crippen LogP contribution in [0.1, 0.15) is 15.9 Å². The summed E-state index contributed by atoms with van der Waals surface area (Å²) in [4.78, 5) is 32.1. The van der Waals surface area contributed by atoms with Crippen LogP contribution in [0.15, 0.2) is 100 Å². The molecule has 5 aromatic rings. The number of carbonyl (C=O) groups excluding carboxylic acids is 1. The van der Waals surface area contributed by atoms with Crippen LogP contribution >= 0.6 is 23.1 Å². The second-order valence-electron chi connectivity index (χ2n) is 8.05. The van der Waals surface area contributed by atoms with Crippen LogP contribution in [0, 0.1) is 10.1 Å². The third kappa shape index (κ3) is 5.74. The summed E-state index contributed by atoms with van der Waals surface area (Å²) >= 11 is 2.89. The van der Waals surface area contributed by atoms with Gasteiger partial charge in [-0.05, 0) is 47.0 Å². The smallest absolute Gasteiger partial charge is 0.311 e. The minimum absolute atomic E-state index is 0.0390. The van der Waals surface area contributed by atoms with Gasteiger partial charge in [-0.25, -0.2) is 4.98 Å². The molecule has 0 saturated heterocycles. The van der Waals surface area contributed by atoms with Crippen LogP contribution < -0.4 is 0 Å². The summed E-state index contributed by atoms with van der Waals surface area (Å²) < 4.78 is 1.72. The normalized spacial score (nSPS) is 11.2. The van der Waals surface area contributed by atoms with Crippen molar-refractivity contribution in [2.75, 3.05) is 5.75 Å². The van der Waals surface area contributed by atoms with Gasteiger partial charge in [0, 0.05) is 17.8 Å². The average molecular weight is 526 g/mol. The number of phenolic OH excluding ortho intramolecular Hbond substituents is 1. The van der Waals surface area contributed by atoms with Gasteiger partial charge < -0.3 is 5.11 Å². The Kier molecular flexibility index (Phi) is 7.07. The SMILES string of the molecule is O=C(CSc1nc2ccc(N=Cc3ccc(O)c([N+](=O)[O-])c3)cc2s1)c1ccc(-c2ccccc2)cc1. The van der Waals surface area contributed by atoms with Crippen molar-refractivity contribution in [1.82, 2.24) is 4.98 Å². The number of fused-ring (bicyclic) bond motifs is 1. The topological polar surface area (TPSA) is 106 Å². The van der Waals surface area contributed by atoms with Crippen molar-refractivity contribution < 1.29 is 14.8 Å². The van der Waals surface area contributed by atoms with Gasteiger partial charge in [0.2, 0.25) is 0 Å². The minimum atomic E-state index is -0.639. The third-order valence-corrected chi connectivity index (χ3v) is 7.71. The number of thioether (sulfide) groups is 1. The van der Waals surface area contributed by atoms with E-state index >= 15 is 0 Å². The fourth-order valence-corrected chi connectivity index (χ4v) is 5.64. The van der Waals surface area contributed by atoms with Crippen molar-refractivity contribution in [2.45, 2.75) is 4.34 Å². The van der Waals surface area contributed by atoms with E-state index in [0.717, 1.165) is 25.7 Å². The first-order valence-electron chi connectivity index (χ1n) is 11.2. The Balaban J connectivity index is 1.24. The average Bonchev–Trinajstić information content (AvgIpc) is 3.34. The zero-order chi connectivity index (χ0) is 25.8. The highest BCUT2D eigenvalue weighted by molar-refractivity contribution is 8.01. The summed E-state index contributed by atoms with van der Waals surface area (Å²) in [6.45, 7) is 0. The molecule has 0 aliphatic carbocycles. The van der Waals surface area contributed by atoms with Crippen LogP contribution in [0.3, 0.4) is 0 Å². The number of carbonyl (C=O) groups is 1. The Bertz CT molecular complexity index is 1630. The lowest BCUT2D eigenvalue weighted by molar-refractivity contribution is -0.385. The molecule has 1 N–H and O–H groups in total. The molecule has 37 heavy (non-hydrogen) atoms. The maximum Gasteiger partial charge on any atom is 0.311 e. The molecule has 0 aliphatic heterocycles. The Morgan fingerprint density at radius 1 is 1.00 bits per heavy atom. The van der Waals surface area contributed by atoms with E-state index in [0.29, 0.717) is 16.8 Å². The number of aliphatic imine (C=N–C) groups is 1. The van der Waals surface area contributed by atoms with E-state index in [9.17, 15) is 20.0 Å². The number of rotatable bonds is 8. The summed E-state index contributed by atoms with van der Waals surface area (Å²) in [5.41, 5.74) is 4.45. The van der Waals surface area contributed by atoms with Crippen molar-refractivity contribution in [2.24, 2.45) is 4.99 Å². The van der Waals surface area contributed by atoms with Gasteiger partial charge in [-0.2, -0.15) is 0 Å². The van der Waals surface area contributed by atoms with E-state index in [1.807, 2.05) is 66.7 Å². The predicted octanol–water partition coefficient (Wildman–Crippen LogP) is 7.30. The number of thiazole rings is 1. The molecule has 0 unspecified atom stereocenters. The quantitative estimate of drug-likeness (QED) is 0.0749. The monoisotopic (exact) mass is 525 g/mol. The molecule has 1 aromatic heterocycles. The largest absolute Gasteiger partial charge is 0.502 e. The molecular formula is C28H19N3O4S2. The zero-order valence-corrected chi connectivity index (χ0v) is 20.9. The maximum absolute atomic E-state index is 12.7. The van der Waals surface area contributed by atoms with Crippen molar-refractivity contribution in [1.29, 1.82) is 0 Å². The number of ketones is 1. The molecular weight excluding hydrogens is 506 g/mol. The highest BCUT2D eigenvalue weighted by atomic mass is 32.2. The van der Waals surface area contributed by atoms with E-state index < -0.39 is 4.92 Å². The predicted molar refractivity (Wildman–Crippen MR) is 149 cm³/mol. The number of nitro benzene ring substituents is 1. The molecule has 0 spiro atoms. The van der Waals surface area contributed by atoms with Gasteiger partial charge in [0.15, 0.2) is 15.9 Å². The maximum atomic E-state index is 12.7. The highest BCUT2D eigenvalue weighted by Crippen LogP contribution is 2.33. The summed E-state index contributed by atoms with van der Waals surface area (Å²) in [6.07, 6.45) is 1.51. The molecule has 9 heteroatoms. The standard InChI is InChI=1S/C28H19N3O4S2/c32-25-13-6-18(14-24(25)31(34)35)16-29-22-11-12-23-27(15-22)37-28(30-23)36-17-26(33)21-9-7-20(8-10-21)19-4-2-1-3-5-19/h1-16,32H,17H2. The fourth-order valence-electron chi connectivity index (χ4n) is 3.64. The van der Waals surface area contributed by atoms with E-state index in [-0.39, 0.29) is 23.0 Å². The first-order chi connectivity index (χ1) is 18.0. The van der Waals surface area contributed by atoms with Gasteiger partial charge in [-0.3, -0.25) is 19.9 Å². The van der Waals surface area contributed by atoms with E-state index in [4.69, 9.17) is 0 Å². The number of nitrogens with zero attached hydrogens (tertiary/aromatic N) is 3. The van der Waals surface area contributed by atoms with Crippen molar-refractivity contribution >= 4 is 56.7 Å². The van der Waals surface area contributed by atoms with Gasteiger partial charge in [0.1, 0.15) is 0 Å². The Hall–Kier alpha value is -4.34. The van der Waals surface area contributed by atoms with Crippen LogP contribution in [0.2, 0.25) is 0 Å². The zero-order valence-electron chi connectivity index (χ0n) is 19.3. The van der Waals surface area contributed by atoms with Gasteiger partial charge in [0.25, 0.3) is 0 Å². The first-order valence-corrected chi connectivity index (χ1v) is 13.0. The Morgan fingerprint density at radius 3 is 2.51 bits per heavy atom. The van der Waals surface area contributed by atoms with Gasteiger partial charge in [0.05, 0.1) is 26.6 Å². The number of hydrogen-bond acceptors (Lipinski definition) is 8. The number of aromatic nitrogens is 1. The number of phenols is 1. The lowest BCUT2D eigenvalue weighted by Gasteiger charge is -2.03. The van der Waals surface area contributed by atoms with Crippen LogP contribution in [0.4, 0.5) is 11.4 Å². The van der Waals surface area contributed by atoms with E-state index in [1.165, 1.54) is 41.4 Å². The molecule has 182 valence electrons. The molecule has 0 aliphatic rings. The number of aromatic hydroxyl groups is 1. The van der Waals surface area contributed by atoms with Crippen LogP contribution in [0.25, 0.3) is 21.3 Å². The number of Topliss-reactive ketones (excluding diaryl/α,β-unsaturated/α-hetero) is 1. The third-order valence-electron chi connectivity index (χ3n) is 5.55. The fraction of sp³-hybridized carbons (Fsp3) is 0.0357. The van der Waals surface area contributed by atoms with Gasteiger partial charge in [-0.1, -0.05) is 66.4 Å². The number of benzene rings is 4. The second kappa shape index (κ2) is 10.7. The molecule has 1 heterocycles. The molecule has 0 atom stereocenters. The molecule has 7 nitrogen and oxygen atoms in total. The molecule has 0 amide bonds. The summed E-state index contributed by atoms with van der Waals surface area (Å²) in [5.74, 6) is -0.0621. The van der Waals surface area contributed by atoms with E-state index in [1.54, 1.807) is 12.1 Å². The van der Waals surface area contributed by atoms with E-state index in [2.05, 4.69) is 9.98 Å². The summed E-state index contributed by atoms with van der Waals surface area (Å²) in [5, 5.41) is 20.6. The molecule has 0 saturated carbocycles. The Labute approximate surface area is 220 Å².